The second kappa shape index (κ2) is 10.3. The van der Waals surface area contributed by atoms with E-state index in [9.17, 15) is 8.42 Å². The molecule has 1 aromatic heterocycles. The first-order valence-corrected chi connectivity index (χ1v) is 13.2. The van der Waals surface area contributed by atoms with Crippen LogP contribution >= 0.6 is 0 Å². The van der Waals surface area contributed by atoms with E-state index in [0.29, 0.717) is 42.3 Å². The summed E-state index contributed by atoms with van der Waals surface area (Å²) in [6.07, 6.45) is 2.92. The molecule has 0 spiro atoms. The van der Waals surface area contributed by atoms with Crippen molar-refractivity contribution in [3.8, 4) is 11.5 Å². The standard InChI is InChI=1S/C25H34N4O4S/c1-5-29-22-13-12-20(34(30,31)28-14-7-6-8-15-28)16-21(22)26-24(29)18-27(2)17-19-10-9-11-23(32-3)25(19)33-4/h9-13,16H,5-8,14-15,17-18H2,1-4H3. The van der Waals surface area contributed by atoms with Gasteiger partial charge < -0.3 is 14.0 Å². The Hall–Kier alpha value is -2.62. The molecule has 9 heteroatoms. The first kappa shape index (κ1) is 24.5. The number of sulfonamides is 1. The van der Waals surface area contributed by atoms with Crippen LogP contribution in [0.5, 0.6) is 11.5 Å². The average Bonchev–Trinajstić information content (AvgIpc) is 3.20. The highest BCUT2D eigenvalue weighted by atomic mass is 32.2. The van der Waals surface area contributed by atoms with Gasteiger partial charge in [0.05, 0.1) is 36.7 Å². The molecule has 0 amide bonds. The van der Waals surface area contributed by atoms with E-state index in [1.54, 1.807) is 30.7 Å². The van der Waals surface area contributed by atoms with Gasteiger partial charge in [-0.1, -0.05) is 18.6 Å². The van der Waals surface area contributed by atoms with E-state index in [4.69, 9.17) is 14.5 Å². The van der Waals surface area contributed by atoms with Gasteiger partial charge in [0.1, 0.15) is 5.82 Å². The van der Waals surface area contributed by atoms with Gasteiger partial charge in [-0.15, -0.1) is 0 Å². The SMILES string of the molecule is CCn1c(CN(C)Cc2cccc(OC)c2OC)nc2cc(S(=O)(=O)N3CCCCC3)ccc21. The summed E-state index contributed by atoms with van der Waals surface area (Å²) in [4.78, 5) is 7.33. The Kier molecular flexibility index (Phi) is 7.45. The third kappa shape index (κ3) is 4.78. The molecule has 0 N–H and O–H groups in total. The molecule has 0 unspecified atom stereocenters. The van der Waals surface area contributed by atoms with Gasteiger partial charge in [0.2, 0.25) is 10.0 Å². The summed E-state index contributed by atoms with van der Waals surface area (Å²) in [5.41, 5.74) is 2.68. The minimum atomic E-state index is -3.49. The van der Waals surface area contributed by atoms with Gasteiger partial charge in [-0.2, -0.15) is 4.31 Å². The lowest BCUT2D eigenvalue weighted by atomic mass is 10.1. The van der Waals surface area contributed by atoms with Gasteiger partial charge in [0, 0.05) is 31.7 Å². The lowest BCUT2D eigenvalue weighted by molar-refractivity contribution is 0.294. The first-order chi connectivity index (χ1) is 16.4. The molecule has 4 rings (SSSR count). The Morgan fingerprint density at radius 2 is 1.79 bits per heavy atom. The van der Waals surface area contributed by atoms with Gasteiger partial charge in [-0.05, 0) is 51.1 Å². The topological polar surface area (TPSA) is 76.9 Å². The molecule has 1 saturated heterocycles. The molecule has 2 aromatic carbocycles. The Morgan fingerprint density at radius 3 is 2.47 bits per heavy atom. The number of aromatic nitrogens is 2. The number of fused-ring (bicyclic) bond motifs is 1. The van der Waals surface area contributed by atoms with Crippen LogP contribution in [0.25, 0.3) is 11.0 Å². The molecule has 0 radical (unpaired) electrons. The van der Waals surface area contributed by atoms with Crippen LogP contribution in [0.2, 0.25) is 0 Å². The molecule has 184 valence electrons. The maximum Gasteiger partial charge on any atom is 0.243 e. The fourth-order valence-electron chi connectivity index (χ4n) is 4.71. The number of imidazole rings is 1. The monoisotopic (exact) mass is 486 g/mol. The normalized spacial score (nSPS) is 15.2. The highest BCUT2D eigenvalue weighted by Crippen LogP contribution is 2.32. The van der Waals surface area contributed by atoms with Crippen molar-refractivity contribution in [1.29, 1.82) is 0 Å². The van der Waals surface area contributed by atoms with Gasteiger partial charge >= 0.3 is 0 Å². The number of ether oxygens (including phenoxy) is 2. The molecule has 1 fully saturated rings. The molecule has 0 aliphatic carbocycles. The third-order valence-corrected chi connectivity index (χ3v) is 8.30. The predicted molar refractivity (Wildman–Crippen MR) is 133 cm³/mol. The van der Waals surface area contributed by atoms with Crippen LogP contribution in [0.15, 0.2) is 41.3 Å². The largest absolute Gasteiger partial charge is 0.493 e. The van der Waals surface area contributed by atoms with Crippen molar-refractivity contribution in [3.63, 3.8) is 0 Å². The van der Waals surface area contributed by atoms with Crippen LogP contribution in [-0.2, 0) is 29.7 Å². The van der Waals surface area contributed by atoms with E-state index in [1.807, 2.05) is 31.3 Å². The Balaban J connectivity index is 1.59. The molecule has 3 aromatic rings. The number of nitrogens with zero attached hydrogens (tertiary/aromatic N) is 4. The molecular formula is C25H34N4O4S. The van der Waals surface area contributed by atoms with E-state index in [2.05, 4.69) is 16.4 Å². The zero-order valence-electron chi connectivity index (χ0n) is 20.5. The lowest BCUT2D eigenvalue weighted by Crippen LogP contribution is -2.35. The van der Waals surface area contributed by atoms with Crippen molar-refractivity contribution in [2.24, 2.45) is 0 Å². The van der Waals surface area contributed by atoms with E-state index >= 15 is 0 Å². The number of benzene rings is 2. The summed E-state index contributed by atoms with van der Waals surface area (Å²) in [5, 5.41) is 0. The van der Waals surface area contributed by atoms with Gasteiger partial charge in [0.25, 0.3) is 0 Å². The number of piperidine rings is 1. The number of hydrogen-bond donors (Lipinski definition) is 0. The average molecular weight is 487 g/mol. The van der Waals surface area contributed by atoms with Crippen LogP contribution in [0.1, 0.15) is 37.6 Å². The number of rotatable bonds is 9. The van der Waals surface area contributed by atoms with E-state index in [1.165, 1.54) is 0 Å². The number of para-hydroxylation sites is 1. The van der Waals surface area contributed by atoms with E-state index in [-0.39, 0.29) is 0 Å². The van der Waals surface area contributed by atoms with Gasteiger partial charge in [0.15, 0.2) is 11.5 Å². The van der Waals surface area contributed by atoms with Gasteiger partial charge in [-0.3, -0.25) is 4.90 Å². The maximum atomic E-state index is 13.1. The smallest absolute Gasteiger partial charge is 0.243 e. The zero-order valence-corrected chi connectivity index (χ0v) is 21.3. The van der Waals surface area contributed by atoms with E-state index in [0.717, 1.165) is 48.5 Å². The van der Waals surface area contributed by atoms with Crippen LogP contribution in [0.4, 0.5) is 0 Å². The summed E-state index contributed by atoms with van der Waals surface area (Å²) in [7, 11) is 1.82. The molecule has 1 aliphatic rings. The highest BCUT2D eigenvalue weighted by Gasteiger charge is 2.27. The fraction of sp³-hybridized carbons (Fsp3) is 0.480. The second-order valence-corrected chi connectivity index (χ2v) is 10.7. The molecule has 34 heavy (non-hydrogen) atoms. The maximum absolute atomic E-state index is 13.1. The van der Waals surface area contributed by atoms with Crippen molar-refractivity contribution in [2.45, 2.75) is 50.7 Å². The Labute approximate surface area is 202 Å². The summed E-state index contributed by atoms with van der Waals surface area (Å²) in [6, 6.07) is 11.2. The molecule has 0 atom stereocenters. The van der Waals surface area contributed by atoms with Gasteiger partial charge in [-0.25, -0.2) is 13.4 Å². The molecule has 0 saturated carbocycles. The third-order valence-electron chi connectivity index (χ3n) is 6.40. The van der Waals surface area contributed by atoms with E-state index < -0.39 is 10.0 Å². The molecule has 2 heterocycles. The second-order valence-electron chi connectivity index (χ2n) is 8.71. The highest BCUT2D eigenvalue weighted by molar-refractivity contribution is 7.89. The van der Waals surface area contributed by atoms with Crippen molar-refractivity contribution in [3.05, 3.63) is 47.8 Å². The van der Waals surface area contributed by atoms with Crippen LogP contribution < -0.4 is 9.47 Å². The summed E-state index contributed by atoms with van der Waals surface area (Å²) < 4.78 is 41.0. The fourth-order valence-corrected chi connectivity index (χ4v) is 6.25. The van der Waals surface area contributed by atoms with Crippen molar-refractivity contribution in [1.82, 2.24) is 18.8 Å². The lowest BCUT2D eigenvalue weighted by Gasteiger charge is -2.25. The van der Waals surface area contributed by atoms with Crippen LogP contribution in [-0.4, -0.2) is 61.5 Å². The molecule has 0 bridgehead atoms. The van der Waals surface area contributed by atoms with Crippen LogP contribution in [0, 0.1) is 0 Å². The molecular weight excluding hydrogens is 452 g/mol. The quantitative estimate of drug-likeness (QED) is 0.457. The minimum absolute atomic E-state index is 0.323. The summed E-state index contributed by atoms with van der Waals surface area (Å²) >= 11 is 0. The minimum Gasteiger partial charge on any atom is -0.493 e. The predicted octanol–water partition coefficient (Wildman–Crippen LogP) is 3.88. The number of methoxy groups -OCH3 is 2. The Morgan fingerprint density at radius 1 is 1.03 bits per heavy atom. The first-order valence-electron chi connectivity index (χ1n) is 11.8. The van der Waals surface area contributed by atoms with Crippen LogP contribution in [0.3, 0.4) is 0 Å². The summed E-state index contributed by atoms with van der Waals surface area (Å²) in [5.74, 6) is 2.33. The zero-order chi connectivity index (χ0) is 24.3. The molecule has 8 nitrogen and oxygen atoms in total. The van der Waals surface area contributed by atoms with Crippen molar-refractivity contribution < 1.29 is 17.9 Å². The number of hydrogen-bond acceptors (Lipinski definition) is 6. The Bertz CT molecular complexity index is 1250. The van der Waals surface area contributed by atoms with Crippen molar-refractivity contribution >= 4 is 21.1 Å². The molecule has 1 aliphatic heterocycles. The summed E-state index contributed by atoms with van der Waals surface area (Å²) in [6.45, 7) is 5.27. The van der Waals surface area contributed by atoms with Crippen molar-refractivity contribution in [2.75, 3.05) is 34.4 Å². The number of aryl methyl sites for hydroxylation is 1.